The van der Waals surface area contributed by atoms with Crippen LogP contribution >= 0.6 is 0 Å². The molecule has 2 aromatic rings. The molecule has 0 aliphatic carbocycles. The Balaban J connectivity index is 1.99. The predicted molar refractivity (Wildman–Crippen MR) is 83.6 cm³/mol. The number of rotatable bonds is 7. The van der Waals surface area contributed by atoms with E-state index in [9.17, 15) is 9.59 Å². The maximum absolute atomic E-state index is 11.7. The summed E-state index contributed by atoms with van der Waals surface area (Å²) in [6.45, 7) is 0.474. The minimum Gasteiger partial charge on any atom is -0.480 e. The standard InChI is InChI=1S/C15H18N4O3/c16-11(14(21)22)7-4-8-17-15-18-12(9-13(20)19-15)10-5-2-1-3-6-10/h1-3,5-6,9,11H,4,7-8,16H2,(H,21,22)(H2,17,18,19,20)/t11-/m1/s1. The number of aromatic nitrogens is 2. The van der Waals surface area contributed by atoms with Gasteiger partial charge in [-0.05, 0) is 12.8 Å². The van der Waals surface area contributed by atoms with Gasteiger partial charge < -0.3 is 16.2 Å². The van der Waals surface area contributed by atoms with E-state index in [-0.39, 0.29) is 5.56 Å². The number of H-pyrrole nitrogens is 1. The molecule has 1 aromatic heterocycles. The fourth-order valence-electron chi connectivity index (χ4n) is 1.95. The lowest BCUT2D eigenvalue weighted by atomic mass is 10.1. The number of benzene rings is 1. The van der Waals surface area contributed by atoms with Gasteiger partial charge in [0.15, 0.2) is 0 Å². The van der Waals surface area contributed by atoms with E-state index >= 15 is 0 Å². The Kier molecular flexibility index (Phi) is 5.26. The van der Waals surface area contributed by atoms with Crippen molar-refractivity contribution >= 4 is 11.9 Å². The number of carboxylic acids is 1. The monoisotopic (exact) mass is 302 g/mol. The van der Waals surface area contributed by atoms with Gasteiger partial charge in [-0.15, -0.1) is 0 Å². The number of hydrogen-bond donors (Lipinski definition) is 4. The van der Waals surface area contributed by atoms with Crippen molar-refractivity contribution < 1.29 is 9.90 Å². The zero-order valence-electron chi connectivity index (χ0n) is 12.0. The lowest BCUT2D eigenvalue weighted by molar-refractivity contribution is -0.138. The number of hydrogen-bond acceptors (Lipinski definition) is 5. The molecule has 1 heterocycles. The zero-order chi connectivity index (χ0) is 15.9. The van der Waals surface area contributed by atoms with Crippen LogP contribution in [0.3, 0.4) is 0 Å². The third kappa shape index (κ3) is 4.42. The van der Waals surface area contributed by atoms with Gasteiger partial charge in [-0.3, -0.25) is 14.6 Å². The molecular weight excluding hydrogens is 284 g/mol. The second-order valence-electron chi connectivity index (χ2n) is 4.86. The van der Waals surface area contributed by atoms with Crippen LogP contribution in [0, 0.1) is 0 Å². The molecule has 22 heavy (non-hydrogen) atoms. The molecule has 0 fully saturated rings. The molecule has 0 amide bonds. The summed E-state index contributed by atoms with van der Waals surface area (Å²) < 4.78 is 0. The topological polar surface area (TPSA) is 121 Å². The Morgan fingerprint density at radius 3 is 2.77 bits per heavy atom. The van der Waals surface area contributed by atoms with Gasteiger partial charge in [0, 0.05) is 18.2 Å². The highest BCUT2D eigenvalue weighted by molar-refractivity contribution is 5.72. The molecule has 0 aliphatic heterocycles. The summed E-state index contributed by atoms with van der Waals surface area (Å²) in [7, 11) is 0. The van der Waals surface area contributed by atoms with Gasteiger partial charge in [0.25, 0.3) is 5.56 Å². The first-order valence-corrected chi connectivity index (χ1v) is 6.95. The minimum atomic E-state index is -1.02. The largest absolute Gasteiger partial charge is 0.480 e. The maximum Gasteiger partial charge on any atom is 0.320 e. The van der Waals surface area contributed by atoms with E-state index in [2.05, 4.69) is 15.3 Å². The van der Waals surface area contributed by atoms with Crippen LogP contribution < -0.4 is 16.6 Å². The fourth-order valence-corrected chi connectivity index (χ4v) is 1.95. The van der Waals surface area contributed by atoms with Crippen molar-refractivity contribution in [3.05, 3.63) is 46.8 Å². The zero-order valence-corrected chi connectivity index (χ0v) is 12.0. The van der Waals surface area contributed by atoms with Crippen molar-refractivity contribution in [1.29, 1.82) is 0 Å². The summed E-state index contributed by atoms with van der Waals surface area (Å²) in [5.41, 5.74) is 6.60. The quantitative estimate of drug-likeness (QED) is 0.567. The van der Waals surface area contributed by atoms with E-state index < -0.39 is 12.0 Å². The van der Waals surface area contributed by atoms with Crippen LogP contribution in [0.25, 0.3) is 11.3 Å². The first-order valence-electron chi connectivity index (χ1n) is 6.95. The molecule has 2 rings (SSSR count). The Bertz CT molecular complexity index is 685. The van der Waals surface area contributed by atoms with E-state index in [0.29, 0.717) is 31.0 Å². The molecule has 1 aromatic carbocycles. The summed E-state index contributed by atoms with van der Waals surface area (Å²) >= 11 is 0. The minimum absolute atomic E-state index is 0.251. The molecule has 0 spiro atoms. The SMILES string of the molecule is N[C@H](CCCNc1nc(-c2ccccc2)cc(=O)[nH]1)C(=O)O. The number of carboxylic acid groups (broad SMARTS) is 1. The molecule has 0 saturated heterocycles. The summed E-state index contributed by atoms with van der Waals surface area (Å²) in [5.74, 6) is -0.659. The number of aliphatic carboxylic acids is 1. The molecule has 0 radical (unpaired) electrons. The highest BCUT2D eigenvalue weighted by Gasteiger charge is 2.10. The number of aromatic amines is 1. The highest BCUT2D eigenvalue weighted by Crippen LogP contribution is 2.15. The van der Waals surface area contributed by atoms with Crippen LogP contribution in [0.2, 0.25) is 0 Å². The average Bonchev–Trinajstić information content (AvgIpc) is 2.51. The van der Waals surface area contributed by atoms with Crippen LogP contribution in [0.1, 0.15) is 12.8 Å². The van der Waals surface area contributed by atoms with Gasteiger partial charge in [-0.1, -0.05) is 30.3 Å². The lowest BCUT2D eigenvalue weighted by Gasteiger charge is -2.09. The number of nitrogens with one attached hydrogen (secondary N) is 2. The third-order valence-electron chi connectivity index (χ3n) is 3.11. The molecule has 1 atom stereocenters. The molecule has 116 valence electrons. The molecule has 5 N–H and O–H groups in total. The first kappa shape index (κ1) is 15.7. The number of nitrogens with zero attached hydrogens (tertiary/aromatic N) is 1. The summed E-state index contributed by atoms with van der Waals surface area (Å²) in [4.78, 5) is 29.2. The molecule has 7 heteroatoms. The average molecular weight is 302 g/mol. The van der Waals surface area contributed by atoms with Crippen molar-refractivity contribution in [3.8, 4) is 11.3 Å². The van der Waals surface area contributed by atoms with Gasteiger partial charge in [0.1, 0.15) is 6.04 Å². The van der Waals surface area contributed by atoms with E-state index in [4.69, 9.17) is 10.8 Å². The van der Waals surface area contributed by atoms with Crippen molar-refractivity contribution in [2.24, 2.45) is 5.73 Å². The number of carbonyl (C=O) groups is 1. The molecule has 7 nitrogen and oxygen atoms in total. The smallest absolute Gasteiger partial charge is 0.320 e. The Morgan fingerprint density at radius 2 is 2.09 bits per heavy atom. The Morgan fingerprint density at radius 1 is 1.36 bits per heavy atom. The van der Waals surface area contributed by atoms with Gasteiger partial charge >= 0.3 is 5.97 Å². The molecule has 0 aliphatic rings. The van der Waals surface area contributed by atoms with Crippen molar-refractivity contribution in [2.75, 3.05) is 11.9 Å². The van der Waals surface area contributed by atoms with Gasteiger partial charge in [0.2, 0.25) is 5.95 Å². The van der Waals surface area contributed by atoms with E-state index in [1.54, 1.807) is 0 Å². The normalized spacial score (nSPS) is 11.9. The summed E-state index contributed by atoms with van der Waals surface area (Å²) in [6, 6.07) is 9.94. The lowest BCUT2D eigenvalue weighted by Crippen LogP contribution is -2.30. The third-order valence-corrected chi connectivity index (χ3v) is 3.11. The maximum atomic E-state index is 11.7. The molecule has 0 saturated carbocycles. The van der Waals surface area contributed by atoms with Crippen molar-refractivity contribution in [2.45, 2.75) is 18.9 Å². The van der Waals surface area contributed by atoms with Crippen molar-refractivity contribution in [3.63, 3.8) is 0 Å². The highest BCUT2D eigenvalue weighted by atomic mass is 16.4. The molecule has 0 unspecified atom stereocenters. The predicted octanol–water partition coefficient (Wildman–Crippen LogP) is 1.04. The van der Waals surface area contributed by atoms with Gasteiger partial charge in [-0.25, -0.2) is 4.98 Å². The second kappa shape index (κ2) is 7.37. The van der Waals surface area contributed by atoms with Crippen LogP contribution in [-0.4, -0.2) is 33.6 Å². The van der Waals surface area contributed by atoms with Gasteiger partial charge in [0.05, 0.1) is 5.69 Å². The van der Waals surface area contributed by atoms with Gasteiger partial charge in [-0.2, -0.15) is 0 Å². The van der Waals surface area contributed by atoms with Crippen molar-refractivity contribution in [1.82, 2.24) is 9.97 Å². The first-order chi connectivity index (χ1) is 10.6. The van der Waals surface area contributed by atoms with Crippen LogP contribution in [0.5, 0.6) is 0 Å². The Labute approximate surface area is 127 Å². The number of anilines is 1. The Hall–Kier alpha value is -2.67. The molecular formula is C15H18N4O3. The van der Waals surface area contributed by atoms with Crippen LogP contribution in [-0.2, 0) is 4.79 Å². The second-order valence-corrected chi connectivity index (χ2v) is 4.86. The van der Waals surface area contributed by atoms with Crippen LogP contribution in [0.4, 0.5) is 5.95 Å². The molecule has 0 bridgehead atoms. The summed E-state index contributed by atoms with van der Waals surface area (Å²) in [5, 5.41) is 11.7. The van der Waals surface area contributed by atoms with E-state index in [1.165, 1.54) is 6.07 Å². The van der Waals surface area contributed by atoms with E-state index in [0.717, 1.165) is 5.56 Å². The number of nitrogens with two attached hydrogens (primary N) is 1. The fraction of sp³-hybridized carbons (Fsp3) is 0.267. The van der Waals surface area contributed by atoms with Crippen LogP contribution in [0.15, 0.2) is 41.2 Å². The van der Waals surface area contributed by atoms with E-state index in [1.807, 2.05) is 30.3 Å². The summed E-state index contributed by atoms with van der Waals surface area (Å²) in [6.07, 6.45) is 0.914.